The van der Waals surface area contributed by atoms with E-state index in [1.165, 1.54) is 6.42 Å². The van der Waals surface area contributed by atoms with Gasteiger partial charge in [0, 0.05) is 36.6 Å². The van der Waals surface area contributed by atoms with Gasteiger partial charge < -0.3 is 15.5 Å². The number of nitrogens with one attached hydrogen (secondary N) is 2. The number of benzene rings is 1. The van der Waals surface area contributed by atoms with Gasteiger partial charge in [-0.1, -0.05) is 32.0 Å². The van der Waals surface area contributed by atoms with Crippen LogP contribution in [0, 0.1) is 0 Å². The van der Waals surface area contributed by atoms with E-state index in [-0.39, 0.29) is 5.54 Å². The molecule has 9 nitrogen and oxygen atoms in total. The lowest BCUT2D eigenvalue weighted by Crippen LogP contribution is -2.64. The van der Waals surface area contributed by atoms with Crippen LogP contribution < -0.4 is 15.5 Å². The number of para-hydroxylation sites is 1. The topological polar surface area (TPSA) is 88.2 Å². The third-order valence-corrected chi connectivity index (χ3v) is 7.33. The molecule has 1 spiro atoms. The Kier molecular flexibility index (Phi) is 5.21. The Hall–Kier alpha value is -3.46. The molecule has 0 bridgehead atoms. The number of piperidine rings is 1. The van der Waals surface area contributed by atoms with Crippen molar-refractivity contribution in [1.82, 2.24) is 34.7 Å². The predicted molar refractivity (Wildman–Crippen MR) is 133 cm³/mol. The van der Waals surface area contributed by atoms with Crippen LogP contribution in [0.1, 0.15) is 50.2 Å². The second-order valence-electron chi connectivity index (χ2n) is 9.65. The van der Waals surface area contributed by atoms with Crippen molar-refractivity contribution in [3.63, 3.8) is 0 Å². The van der Waals surface area contributed by atoms with Gasteiger partial charge >= 0.3 is 0 Å². The number of hydrogen-bond donors (Lipinski definition) is 2. The highest BCUT2D eigenvalue weighted by Crippen LogP contribution is 2.41. The molecule has 9 heteroatoms. The van der Waals surface area contributed by atoms with Crippen molar-refractivity contribution >= 4 is 17.5 Å². The van der Waals surface area contributed by atoms with E-state index in [1.807, 2.05) is 33.7 Å². The van der Waals surface area contributed by atoms with Crippen LogP contribution >= 0.6 is 0 Å². The van der Waals surface area contributed by atoms with E-state index in [0.29, 0.717) is 12.5 Å². The number of nitrogens with zero attached hydrogens (tertiary/aromatic N) is 7. The van der Waals surface area contributed by atoms with Gasteiger partial charge in [0.1, 0.15) is 0 Å². The minimum Gasteiger partial charge on any atom is -0.350 e. The molecule has 0 atom stereocenters. The molecular formula is C25H31N9. The maximum Gasteiger partial charge on any atom is 0.231 e. The monoisotopic (exact) mass is 457 g/mol. The number of anilines is 2. The fourth-order valence-electron chi connectivity index (χ4n) is 5.26. The zero-order valence-corrected chi connectivity index (χ0v) is 19.8. The molecule has 0 aliphatic carbocycles. The summed E-state index contributed by atoms with van der Waals surface area (Å²) in [5, 5.41) is 16.1. The summed E-state index contributed by atoms with van der Waals surface area (Å²) in [5.74, 6) is 1.86. The van der Waals surface area contributed by atoms with Crippen molar-refractivity contribution in [2.75, 3.05) is 29.9 Å². The zero-order chi connectivity index (χ0) is 23.1. The van der Waals surface area contributed by atoms with Crippen LogP contribution in [0.4, 0.5) is 11.9 Å². The maximum atomic E-state index is 5.04. The minimum absolute atomic E-state index is 0.186. The summed E-state index contributed by atoms with van der Waals surface area (Å²) >= 11 is 0. The van der Waals surface area contributed by atoms with Crippen molar-refractivity contribution in [3.8, 4) is 5.69 Å². The Morgan fingerprint density at radius 3 is 2.65 bits per heavy atom. The van der Waals surface area contributed by atoms with Gasteiger partial charge in [-0.15, -0.1) is 0 Å². The van der Waals surface area contributed by atoms with Crippen LogP contribution in [-0.4, -0.2) is 54.5 Å². The van der Waals surface area contributed by atoms with Crippen LogP contribution in [0.2, 0.25) is 0 Å². The Balaban J connectivity index is 1.37. The van der Waals surface area contributed by atoms with Gasteiger partial charge in [-0.3, -0.25) is 0 Å². The lowest BCUT2D eigenvalue weighted by atomic mass is 9.77. The van der Waals surface area contributed by atoms with Crippen LogP contribution in [0.5, 0.6) is 0 Å². The molecule has 6 rings (SSSR count). The average molecular weight is 458 g/mol. The van der Waals surface area contributed by atoms with Crippen molar-refractivity contribution < 1.29 is 0 Å². The van der Waals surface area contributed by atoms with Gasteiger partial charge in [0.25, 0.3) is 0 Å². The van der Waals surface area contributed by atoms with E-state index < -0.39 is 0 Å². The smallest absolute Gasteiger partial charge is 0.231 e. The fraction of sp³-hybridized carbons (Fsp3) is 0.440. The summed E-state index contributed by atoms with van der Waals surface area (Å²) in [4.78, 5) is 12.5. The van der Waals surface area contributed by atoms with Crippen LogP contribution in [0.15, 0.2) is 48.9 Å². The fourth-order valence-corrected chi connectivity index (χ4v) is 5.26. The zero-order valence-electron chi connectivity index (χ0n) is 19.8. The van der Waals surface area contributed by atoms with Gasteiger partial charge in [-0.2, -0.15) is 24.7 Å². The first-order valence-corrected chi connectivity index (χ1v) is 12.2. The van der Waals surface area contributed by atoms with Gasteiger partial charge in [0.2, 0.25) is 11.9 Å². The van der Waals surface area contributed by atoms with Crippen LogP contribution in [0.25, 0.3) is 11.3 Å². The molecule has 176 valence electrons. The van der Waals surface area contributed by atoms with E-state index in [0.717, 1.165) is 66.8 Å². The summed E-state index contributed by atoms with van der Waals surface area (Å²) in [7, 11) is 0. The second-order valence-corrected chi connectivity index (χ2v) is 9.65. The molecule has 34 heavy (non-hydrogen) atoms. The maximum absolute atomic E-state index is 5.04. The first-order chi connectivity index (χ1) is 16.6. The first kappa shape index (κ1) is 21.1. The molecule has 1 aromatic carbocycles. The molecule has 2 aliphatic heterocycles. The van der Waals surface area contributed by atoms with Crippen molar-refractivity contribution in [3.05, 3.63) is 60.0 Å². The van der Waals surface area contributed by atoms with Crippen LogP contribution in [-0.2, 0) is 6.54 Å². The van der Waals surface area contributed by atoms with E-state index in [4.69, 9.17) is 9.97 Å². The molecule has 2 saturated heterocycles. The molecule has 5 heterocycles. The third-order valence-electron chi connectivity index (χ3n) is 7.33. The highest BCUT2D eigenvalue weighted by atomic mass is 15.4. The van der Waals surface area contributed by atoms with E-state index in [2.05, 4.69) is 57.8 Å². The van der Waals surface area contributed by atoms with E-state index in [9.17, 15) is 0 Å². The standard InChI is InChI=1S/C25H31N9/c1-18(2)20-17-29-34-22(20)30-24(32-15-10-25(32)8-12-26-13-9-25)31-23(34)27-16-19-6-3-4-7-21(19)33-14-5-11-28-33/h3-7,11,14,17-18,26H,8-10,12-13,15-16H2,1-2H3,(H,27,30,31). The Morgan fingerprint density at radius 1 is 1.06 bits per heavy atom. The first-order valence-electron chi connectivity index (χ1n) is 12.2. The lowest BCUT2D eigenvalue weighted by molar-refractivity contribution is 0.202. The van der Waals surface area contributed by atoms with Gasteiger partial charge in [-0.25, -0.2) is 4.68 Å². The average Bonchev–Trinajstić information content (AvgIpc) is 3.53. The van der Waals surface area contributed by atoms with Crippen molar-refractivity contribution in [2.24, 2.45) is 0 Å². The second kappa shape index (κ2) is 8.39. The Bertz CT molecular complexity index is 1290. The molecule has 0 radical (unpaired) electrons. The molecule has 0 saturated carbocycles. The molecule has 2 fully saturated rings. The summed E-state index contributed by atoms with van der Waals surface area (Å²) in [6, 6.07) is 10.2. The number of aromatic nitrogens is 6. The number of rotatable bonds is 6. The molecule has 0 amide bonds. The SMILES string of the molecule is CC(C)c1cnn2c(NCc3ccccc3-n3cccn3)nc(N3CCC34CCNCC4)nc12. The highest BCUT2D eigenvalue weighted by Gasteiger charge is 2.46. The van der Waals surface area contributed by atoms with Gasteiger partial charge in [0.05, 0.1) is 11.9 Å². The van der Waals surface area contributed by atoms with Crippen molar-refractivity contribution in [2.45, 2.75) is 51.1 Å². The molecule has 0 unspecified atom stereocenters. The van der Waals surface area contributed by atoms with Gasteiger partial charge in [0.15, 0.2) is 5.65 Å². The Labute approximate surface area is 199 Å². The lowest BCUT2D eigenvalue weighted by Gasteiger charge is -2.55. The predicted octanol–water partition coefficient (Wildman–Crippen LogP) is 3.38. The molecule has 2 aliphatic rings. The quantitative estimate of drug-likeness (QED) is 0.459. The van der Waals surface area contributed by atoms with E-state index >= 15 is 0 Å². The normalized spacial score (nSPS) is 17.4. The molecule has 4 aromatic rings. The highest BCUT2D eigenvalue weighted by molar-refractivity contribution is 5.58. The number of fused-ring (bicyclic) bond motifs is 1. The third kappa shape index (κ3) is 3.51. The molecule has 3 aromatic heterocycles. The molecule has 2 N–H and O–H groups in total. The van der Waals surface area contributed by atoms with Crippen molar-refractivity contribution in [1.29, 1.82) is 0 Å². The molecular weight excluding hydrogens is 426 g/mol. The summed E-state index contributed by atoms with van der Waals surface area (Å²) in [6.07, 6.45) is 9.17. The summed E-state index contributed by atoms with van der Waals surface area (Å²) in [6.45, 7) is 8.08. The Morgan fingerprint density at radius 2 is 1.91 bits per heavy atom. The minimum atomic E-state index is 0.186. The number of hydrogen-bond acceptors (Lipinski definition) is 7. The van der Waals surface area contributed by atoms with E-state index in [1.54, 1.807) is 6.20 Å². The summed E-state index contributed by atoms with van der Waals surface area (Å²) in [5.41, 5.74) is 4.40. The largest absolute Gasteiger partial charge is 0.350 e. The van der Waals surface area contributed by atoms with Crippen LogP contribution in [0.3, 0.4) is 0 Å². The van der Waals surface area contributed by atoms with Gasteiger partial charge in [-0.05, 0) is 56.0 Å². The summed E-state index contributed by atoms with van der Waals surface area (Å²) < 4.78 is 3.74.